The third-order valence-corrected chi connectivity index (χ3v) is 7.77. The maximum Gasteiger partial charge on any atom is 0.265 e. The van der Waals surface area contributed by atoms with Gasteiger partial charge in [-0.3, -0.25) is 14.4 Å². The molecule has 0 unspecified atom stereocenters. The minimum atomic E-state index is -0.311. The molecule has 0 spiro atoms. The predicted octanol–water partition coefficient (Wildman–Crippen LogP) is 3.05. The van der Waals surface area contributed by atoms with E-state index in [1.165, 1.54) is 0 Å². The quantitative estimate of drug-likeness (QED) is 0.455. The molecule has 3 atom stereocenters. The summed E-state index contributed by atoms with van der Waals surface area (Å²) in [7, 11) is 1.64. The molecule has 0 aromatic heterocycles. The Kier molecular flexibility index (Phi) is 8.47. The number of fused-ring (bicyclic) bond motifs is 1. The van der Waals surface area contributed by atoms with Crippen LogP contribution in [-0.4, -0.2) is 63.7 Å². The van der Waals surface area contributed by atoms with Crippen LogP contribution in [0.2, 0.25) is 0 Å². The summed E-state index contributed by atoms with van der Waals surface area (Å²) in [4.78, 5) is 43.3. The number of hydrogen-bond donors (Lipinski definition) is 2. The van der Waals surface area contributed by atoms with Gasteiger partial charge in [0.1, 0.15) is 5.75 Å². The molecule has 2 aliphatic heterocycles. The molecule has 1 saturated carbocycles. The molecule has 9 nitrogen and oxygen atoms in total. The van der Waals surface area contributed by atoms with Gasteiger partial charge in [-0.05, 0) is 56.4 Å². The first-order chi connectivity index (χ1) is 19.0. The Morgan fingerprint density at radius 2 is 1.92 bits per heavy atom. The Morgan fingerprint density at radius 3 is 2.67 bits per heavy atom. The summed E-state index contributed by atoms with van der Waals surface area (Å²) in [6.07, 6.45) is 3.08. The van der Waals surface area contributed by atoms with Crippen LogP contribution in [0.5, 0.6) is 5.75 Å². The van der Waals surface area contributed by atoms with Crippen molar-refractivity contribution in [2.75, 3.05) is 49.8 Å². The second-order valence-corrected chi connectivity index (χ2v) is 10.7. The largest absolute Gasteiger partial charge is 0.482 e. The number of nitrogens with one attached hydrogen (secondary N) is 2. The lowest BCUT2D eigenvalue weighted by atomic mass is 9.88. The summed E-state index contributed by atoms with van der Waals surface area (Å²) >= 11 is 0. The molecule has 2 heterocycles. The fraction of sp³-hybridized carbons (Fsp3) is 0.500. The van der Waals surface area contributed by atoms with Crippen molar-refractivity contribution in [3.05, 3.63) is 54.1 Å². The van der Waals surface area contributed by atoms with E-state index >= 15 is 0 Å². The number of amides is 3. The highest BCUT2D eigenvalue weighted by atomic mass is 16.5. The summed E-state index contributed by atoms with van der Waals surface area (Å²) in [6, 6.07) is 15.6. The molecular formula is C30H38N4O5. The van der Waals surface area contributed by atoms with Crippen LogP contribution in [0.15, 0.2) is 48.5 Å². The minimum absolute atomic E-state index is 0.00465. The number of hydrogen-bond acceptors (Lipinski definition) is 6. The van der Waals surface area contributed by atoms with Crippen LogP contribution in [0.1, 0.15) is 44.2 Å². The second-order valence-electron chi connectivity index (χ2n) is 10.7. The van der Waals surface area contributed by atoms with Gasteiger partial charge in [-0.15, -0.1) is 0 Å². The van der Waals surface area contributed by atoms with E-state index in [-0.39, 0.29) is 48.2 Å². The number of nitrogens with zero attached hydrogens (tertiary/aromatic N) is 2. The Hall–Kier alpha value is -3.43. The first-order valence-electron chi connectivity index (χ1n) is 13.9. The van der Waals surface area contributed by atoms with Crippen molar-refractivity contribution in [2.45, 2.75) is 44.7 Å². The highest BCUT2D eigenvalue weighted by Crippen LogP contribution is 2.40. The van der Waals surface area contributed by atoms with E-state index < -0.39 is 0 Å². The summed E-state index contributed by atoms with van der Waals surface area (Å²) < 4.78 is 10.9. The molecule has 0 bridgehead atoms. The van der Waals surface area contributed by atoms with Gasteiger partial charge in [-0.2, -0.15) is 0 Å². The van der Waals surface area contributed by atoms with Crippen molar-refractivity contribution in [2.24, 2.45) is 11.8 Å². The maximum atomic E-state index is 13.9. The van der Waals surface area contributed by atoms with Gasteiger partial charge < -0.3 is 29.9 Å². The SMILES string of the molecule is COCCCN1C(=O)COc2ccc(N(C(=O)[C@H]3CNC[C@@H](C(=O)N[C@@H](C)c4ccccc4)C3)C3CC3)cc21. The standard InChI is InChI=1S/C30H38N4O5/c1-20(21-7-4-3-5-8-21)32-29(36)22-15-23(18-31-17-22)30(37)34(24-9-10-24)25-11-12-27-26(16-25)33(13-6-14-38-2)28(35)19-39-27/h3-5,7-8,11-12,16,20,22-24,31H,6,9-10,13-15,17-19H2,1-2H3,(H,32,36)/t20-,22-,23+/m0/s1. The lowest BCUT2D eigenvalue weighted by molar-refractivity contribution is -0.129. The lowest BCUT2D eigenvalue weighted by Gasteiger charge is -2.35. The molecule has 39 heavy (non-hydrogen) atoms. The minimum Gasteiger partial charge on any atom is -0.482 e. The van der Waals surface area contributed by atoms with Crippen molar-refractivity contribution in [1.82, 2.24) is 10.6 Å². The number of ether oxygens (including phenoxy) is 2. The zero-order valence-electron chi connectivity index (χ0n) is 22.7. The van der Waals surface area contributed by atoms with Crippen molar-refractivity contribution >= 4 is 29.1 Å². The average molecular weight is 535 g/mol. The molecule has 2 fully saturated rings. The number of rotatable bonds is 10. The molecule has 1 aliphatic carbocycles. The molecule has 0 radical (unpaired) electrons. The van der Waals surface area contributed by atoms with Gasteiger partial charge in [0.2, 0.25) is 11.8 Å². The summed E-state index contributed by atoms with van der Waals surface area (Å²) in [5.41, 5.74) is 2.50. The molecule has 3 aliphatic rings. The summed E-state index contributed by atoms with van der Waals surface area (Å²) in [5.74, 6) is -0.0738. The molecule has 208 valence electrons. The van der Waals surface area contributed by atoms with Gasteiger partial charge in [0.25, 0.3) is 5.91 Å². The monoisotopic (exact) mass is 534 g/mol. The van der Waals surface area contributed by atoms with E-state index in [0.717, 1.165) is 24.1 Å². The van der Waals surface area contributed by atoms with Gasteiger partial charge in [-0.1, -0.05) is 30.3 Å². The first-order valence-corrected chi connectivity index (χ1v) is 13.9. The van der Waals surface area contributed by atoms with E-state index in [1.54, 1.807) is 12.0 Å². The van der Waals surface area contributed by atoms with Crippen LogP contribution < -0.4 is 25.2 Å². The zero-order valence-corrected chi connectivity index (χ0v) is 22.7. The zero-order chi connectivity index (χ0) is 27.4. The van der Waals surface area contributed by atoms with Crippen LogP contribution >= 0.6 is 0 Å². The Labute approximate surface area is 229 Å². The van der Waals surface area contributed by atoms with E-state index in [1.807, 2.05) is 60.4 Å². The van der Waals surface area contributed by atoms with Gasteiger partial charge in [-0.25, -0.2) is 0 Å². The van der Waals surface area contributed by atoms with E-state index in [4.69, 9.17) is 9.47 Å². The van der Waals surface area contributed by atoms with E-state index in [2.05, 4.69) is 10.6 Å². The van der Waals surface area contributed by atoms with Crippen molar-refractivity contribution in [3.8, 4) is 5.75 Å². The van der Waals surface area contributed by atoms with Crippen molar-refractivity contribution < 1.29 is 23.9 Å². The predicted molar refractivity (Wildman–Crippen MR) is 149 cm³/mol. The van der Waals surface area contributed by atoms with Crippen LogP contribution in [-0.2, 0) is 19.1 Å². The number of methoxy groups -OCH3 is 1. The highest BCUT2D eigenvalue weighted by Gasteiger charge is 2.40. The number of carbonyl (C=O) groups excluding carboxylic acids is 3. The molecular weight excluding hydrogens is 496 g/mol. The average Bonchev–Trinajstić information content (AvgIpc) is 3.80. The molecule has 3 amide bonds. The number of piperidine rings is 1. The maximum absolute atomic E-state index is 13.9. The van der Waals surface area contributed by atoms with Gasteiger partial charge in [0.15, 0.2) is 6.61 Å². The topological polar surface area (TPSA) is 100 Å². The van der Waals surface area contributed by atoms with Crippen LogP contribution in [0.25, 0.3) is 0 Å². The van der Waals surface area contributed by atoms with Gasteiger partial charge >= 0.3 is 0 Å². The van der Waals surface area contributed by atoms with E-state index in [0.29, 0.717) is 50.5 Å². The molecule has 2 aromatic carbocycles. The molecule has 5 rings (SSSR count). The number of anilines is 2. The summed E-state index contributed by atoms with van der Waals surface area (Å²) in [5, 5.41) is 6.45. The second kappa shape index (κ2) is 12.2. The van der Waals surface area contributed by atoms with Crippen molar-refractivity contribution in [3.63, 3.8) is 0 Å². The number of benzene rings is 2. The molecule has 9 heteroatoms. The first kappa shape index (κ1) is 27.1. The summed E-state index contributed by atoms with van der Waals surface area (Å²) in [6.45, 7) is 4.15. The van der Waals surface area contributed by atoms with Gasteiger partial charge in [0.05, 0.1) is 23.6 Å². The number of carbonyl (C=O) groups is 3. The Bertz CT molecular complexity index is 1190. The molecule has 2 N–H and O–H groups in total. The van der Waals surface area contributed by atoms with Crippen molar-refractivity contribution in [1.29, 1.82) is 0 Å². The van der Waals surface area contributed by atoms with E-state index in [9.17, 15) is 14.4 Å². The molecule has 1 saturated heterocycles. The normalized spacial score (nSPS) is 21.5. The molecule has 2 aromatic rings. The Balaban J connectivity index is 1.30. The fourth-order valence-corrected chi connectivity index (χ4v) is 5.49. The lowest BCUT2D eigenvalue weighted by Crippen LogP contribution is -2.50. The fourth-order valence-electron chi connectivity index (χ4n) is 5.49. The van der Waals surface area contributed by atoms with Gasteiger partial charge in [0, 0.05) is 45.1 Å². The van der Waals surface area contributed by atoms with Crippen LogP contribution in [0, 0.1) is 11.8 Å². The highest BCUT2D eigenvalue weighted by molar-refractivity contribution is 6.01. The smallest absolute Gasteiger partial charge is 0.265 e. The third kappa shape index (κ3) is 6.25. The van der Waals surface area contributed by atoms with Crippen LogP contribution in [0.3, 0.4) is 0 Å². The van der Waals surface area contributed by atoms with Crippen LogP contribution in [0.4, 0.5) is 11.4 Å². The third-order valence-electron chi connectivity index (χ3n) is 7.77. The Morgan fingerprint density at radius 1 is 1.15 bits per heavy atom.